The molecule has 3 aromatic carbocycles. The van der Waals surface area contributed by atoms with Crippen molar-refractivity contribution in [1.29, 1.82) is 0 Å². The molecule has 0 N–H and O–H groups in total. The third-order valence-corrected chi connectivity index (χ3v) is 5.28. The maximum absolute atomic E-state index is 11.7. The van der Waals surface area contributed by atoms with Gasteiger partial charge in [-0.05, 0) is 46.5 Å². The second-order valence-electron chi connectivity index (χ2n) is 6.50. The number of hydrogen-bond acceptors (Lipinski definition) is 6. The Bertz CT molecular complexity index is 1280. The molecule has 0 bridgehead atoms. The standard InChI is InChI=1S/C20H10BrN3O6/c21-12-3-1-11(2-4-12)7-16-17-8-13(22(25)26)5-6-15(17)20-18(16)9-14(23(27)28)10-19(20)24(29)30/h1-10H. The van der Waals surface area contributed by atoms with E-state index in [-0.39, 0.29) is 16.8 Å². The van der Waals surface area contributed by atoms with Crippen LogP contribution in [0.25, 0.3) is 22.8 Å². The van der Waals surface area contributed by atoms with Crippen LogP contribution in [0.1, 0.15) is 16.7 Å². The van der Waals surface area contributed by atoms with E-state index < -0.39 is 26.1 Å². The molecule has 0 saturated heterocycles. The van der Waals surface area contributed by atoms with E-state index in [1.54, 1.807) is 30.3 Å². The molecule has 0 saturated carbocycles. The molecule has 30 heavy (non-hydrogen) atoms. The Morgan fingerprint density at radius 3 is 1.93 bits per heavy atom. The number of benzene rings is 3. The van der Waals surface area contributed by atoms with E-state index in [1.807, 2.05) is 0 Å². The molecule has 0 aromatic heterocycles. The Balaban J connectivity index is 2.07. The average Bonchev–Trinajstić information content (AvgIpc) is 3.01. The average molecular weight is 468 g/mol. The van der Waals surface area contributed by atoms with Crippen LogP contribution in [0.15, 0.2) is 59.1 Å². The fraction of sp³-hybridized carbons (Fsp3) is 0. The van der Waals surface area contributed by atoms with Crippen LogP contribution in [-0.4, -0.2) is 14.8 Å². The van der Waals surface area contributed by atoms with E-state index in [9.17, 15) is 30.3 Å². The van der Waals surface area contributed by atoms with Crippen LogP contribution in [-0.2, 0) is 0 Å². The van der Waals surface area contributed by atoms with Crippen molar-refractivity contribution in [2.45, 2.75) is 0 Å². The van der Waals surface area contributed by atoms with E-state index in [2.05, 4.69) is 15.9 Å². The van der Waals surface area contributed by atoms with E-state index in [1.165, 1.54) is 24.3 Å². The molecule has 0 radical (unpaired) electrons. The van der Waals surface area contributed by atoms with Gasteiger partial charge in [0.25, 0.3) is 17.1 Å². The Morgan fingerprint density at radius 2 is 1.33 bits per heavy atom. The molecule has 0 atom stereocenters. The molecular formula is C20H10BrN3O6. The van der Waals surface area contributed by atoms with Gasteiger partial charge in [-0.1, -0.05) is 28.1 Å². The summed E-state index contributed by atoms with van der Waals surface area (Å²) in [5.74, 6) is 0. The highest BCUT2D eigenvalue weighted by Crippen LogP contribution is 2.51. The van der Waals surface area contributed by atoms with Crippen molar-refractivity contribution in [3.05, 3.63) is 106 Å². The van der Waals surface area contributed by atoms with Gasteiger partial charge < -0.3 is 0 Å². The van der Waals surface area contributed by atoms with Gasteiger partial charge in [0.1, 0.15) is 0 Å². The fourth-order valence-corrected chi connectivity index (χ4v) is 3.73. The molecule has 3 aromatic rings. The Labute approximate surface area is 176 Å². The predicted octanol–water partition coefficient (Wildman–Crippen LogP) is 5.74. The fourth-order valence-electron chi connectivity index (χ4n) is 3.47. The van der Waals surface area contributed by atoms with Gasteiger partial charge in [-0.25, -0.2) is 0 Å². The lowest BCUT2D eigenvalue weighted by molar-refractivity contribution is -0.393. The zero-order valence-electron chi connectivity index (χ0n) is 14.9. The number of rotatable bonds is 4. The molecule has 148 valence electrons. The molecule has 0 spiro atoms. The van der Waals surface area contributed by atoms with Crippen LogP contribution in [0.3, 0.4) is 0 Å². The number of nitro groups is 3. The van der Waals surface area contributed by atoms with Crippen LogP contribution >= 0.6 is 15.9 Å². The lowest BCUT2D eigenvalue weighted by atomic mass is 10.00. The summed E-state index contributed by atoms with van der Waals surface area (Å²) in [4.78, 5) is 32.4. The van der Waals surface area contributed by atoms with E-state index in [4.69, 9.17) is 0 Å². The highest BCUT2D eigenvalue weighted by Gasteiger charge is 2.34. The van der Waals surface area contributed by atoms with Crippen molar-refractivity contribution in [3.8, 4) is 11.1 Å². The molecule has 1 aliphatic rings. The SMILES string of the molecule is O=[N+]([O-])c1ccc2c(c1)C(=Cc1ccc(Br)cc1)c1cc([N+](=O)[O-])cc([N+](=O)[O-])c1-2. The van der Waals surface area contributed by atoms with Crippen molar-refractivity contribution in [2.24, 2.45) is 0 Å². The maximum atomic E-state index is 11.7. The molecule has 0 amide bonds. The molecule has 0 fully saturated rings. The minimum absolute atomic E-state index is 0.180. The summed E-state index contributed by atoms with van der Waals surface area (Å²) in [7, 11) is 0. The third-order valence-electron chi connectivity index (χ3n) is 4.75. The second kappa shape index (κ2) is 7.16. The monoisotopic (exact) mass is 467 g/mol. The quantitative estimate of drug-likeness (QED) is 0.277. The summed E-state index contributed by atoms with van der Waals surface area (Å²) >= 11 is 3.34. The van der Waals surface area contributed by atoms with Crippen LogP contribution in [0.2, 0.25) is 0 Å². The van der Waals surface area contributed by atoms with Gasteiger partial charge in [0.2, 0.25) is 0 Å². The van der Waals surface area contributed by atoms with Crippen molar-refractivity contribution in [1.82, 2.24) is 0 Å². The van der Waals surface area contributed by atoms with Gasteiger partial charge in [-0.15, -0.1) is 0 Å². The number of halogens is 1. The second-order valence-corrected chi connectivity index (χ2v) is 7.41. The molecule has 0 aliphatic heterocycles. The van der Waals surface area contributed by atoms with Crippen molar-refractivity contribution < 1.29 is 14.8 Å². The van der Waals surface area contributed by atoms with Crippen LogP contribution < -0.4 is 0 Å². The maximum Gasteiger partial charge on any atom is 0.284 e. The summed E-state index contributed by atoms with van der Waals surface area (Å²) in [5, 5.41) is 34.3. The number of non-ortho nitro benzene ring substituents is 2. The van der Waals surface area contributed by atoms with Gasteiger partial charge in [-0.3, -0.25) is 30.3 Å². The van der Waals surface area contributed by atoms with Crippen molar-refractivity contribution in [2.75, 3.05) is 0 Å². The minimum Gasteiger partial charge on any atom is -0.258 e. The van der Waals surface area contributed by atoms with Crippen LogP contribution in [0.4, 0.5) is 17.1 Å². The summed E-state index contributed by atoms with van der Waals surface area (Å²) in [5.41, 5.74) is 1.46. The third kappa shape index (κ3) is 3.22. The Morgan fingerprint density at radius 1 is 0.700 bits per heavy atom. The lowest BCUT2D eigenvalue weighted by Crippen LogP contribution is -1.96. The molecule has 1 aliphatic carbocycles. The lowest BCUT2D eigenvalue weighted by Gasteiger charge is -2.04. The number of fused-ring (bicyclic) bond motifs is 3. The number of nitro benzene ring substituents is 3. The number of nitrogens with zero attached hydrogens (tertiary/aromatic N) is 3. The predicted molar refractivity (Wildman–Crippen MR) is 113 cm³/mol. The van der Waals surface area contributed by atoms with E-state index >= 15 is 0 Å². The van der Waals surface area contributed by atoms with Gasteiger partial charge in [0.15, 0.2) is 0 Å². The molecule has 0 unspecified atom stereocenters. The molecule has 10 heteroatoms. The van der Waals surface area contributed by atoms with Gasteiger partial charge >= 0.3 is 0 Å². The largest absolute Gasteiger partial charge is 0.284 e. The van der Waals surface area contributed by atoms with E-state index in [0.717, 1.165) is 16.1 Å². The van der Waals surface area contributed by atoms with Crippen molar-refractivity contribution >= 4 is 44.6 Å². The summed E-state index contributed by atoms with van der Waals surface area (Å²) in [6.07, 6.45) is 1.70. The van der Waals surface area contributed by atoms with Gasteiger partial charge in [0.05, 0.1) is 26.4 Å². The van der Waals surface area contributed by atoms with Crippen molar-refractivity contribution in [3.63, 3.8) is 0 Å². The summed E-state index contributed by atoms with van der Waals surface area (Å²) in [6, 6.07) is 13.4. The van der Waals surface area contributed by atoms with Gasteiger partial charge in [0, 0.05) is 28.2 Å². The topological polar surface area (TPSA) is 129 Å². The molecule has 0 heterocycles. The highest BCUT2D eigenvalue weighted by molar-refractivity contribution is 9.10. The number of hydrogen-bond donors (Lipinski definition) is 0. The van der Waals surface area contributed by atoms with E-state index in [0.29, 0.717) is 16.7 Å². The minimum atomic E-state index is -0.698. The zero-order valence-corrected chi connectivity index (χ0v) is 16.5. The molecule has 9 nitrogen and oxygen atoms in total. The first-order valence-corrected chi connectivity index (χ1v) is 9.29. The first-order chi connectivity index (χ1) is 14.3. The highest BCUT2D eigenvalue weighted by atomic mass is 79.9. The normalized spacial score (nSPS) is 13.0. The first kappa shape index (κ1) is 19.4. The molecular weight excluding hydrogens is 458 g/mol. The summed E-state index contributed by atoms with van der Waals surface area (Å²) < 4.78 is 0.846. The van der Waals surface area contributed by atoms with Crippen LogP contribution in [0.5, 0.6) is 0 Å². The van der Waals surface area contributed by atoms with Crippen LogP contribution in [0, 0.1) is 30.3 Å². The first-order valence-electron chi connectivity index (χ1n) is 8.50. The zero-order chi connectivity index (χ0) is 21.6. The summed E-state index contributed by atoms with van der Waals surface area (Å²) in [6.45, 7) is 0. The van der Waals surface area contributed by atoms with Gasteiger partial charge in [-0.2, -0.15) is 0 Å². The Kier molecular flexibility index (Phi) is 4.63. The molecule has 4 rings (SSSR count). The smallest absolute Gasteiger partial charge is 0.258 e. The Hall–Kier alpha value is -3.92.